The van der Waals surface area contributed by atoms with Crippen LogP contribution in [0, 0.1) is 4.91 Å². The predicted molar refractivity (Wildman–Crippen MR) is 127 cm³/mol. The molecule has 0 spiro atoms. The Hall–Kier alpha value is -3.37. The molecule has 0 radical (unpaired) electrons. The van der Waals surface area contributed by atoms with Crippen LogP contribution >= 0.6 is 11.3 Å². The first-order chi connectivity index (χ1) is 15.9. The minimum absolute atomic E-state index is 0.0167. The van der Waals surface area contributed by atoms with E-state index in [1.165, 1.54) is 20.8 Å². The monoisotopic (exact) mass is 486 g/mol. The summed E-state index contributed by atoms with van der Waals surface area (Å²) in [4.78, 5) is 50.6. The Morgan fingerprint density at radius 3 is 2.24 bits per heavy atom. The Morgan fingerprint density at radius 1 is 1.06 bits per heavy atom. The van der Waals surface area contributed by atoms with Crippen molar-refractivity contribution in [3.8, 4) is 11.6 Å². The number of aromatic amines is 1. The number of ether oxygens (including phenoxy) is 1. The van der Waals surface area contributed by atoms with Crippen LogP contribution in [0.25, 0.3) is 0 Å². The van der Waals surface area contributed by atoms with E-state index in [9.17, 15) is 29.5 Å². The van der Waals surface area contributed by atoms with E-state index in [0.29, 0.717) is 22.6 Å². The summed E-state index contributed by atoms with van der Waals surface area (Å²) in [6.45, 7) is 5.88. The molecule has 0 amide bonds. The third-order valence-corrected chi connectivity index (χ3v) is 6.74. The maximum Gasteiger partial charge on any atom is 0.307 e. The van der Waals surface area contributed by atoms with Crippen molar-refractivity contribution >= 4 is 22.9 Å². The van der Waals surface area contributed by atoms with Gasteiger partial charge < -0.3 is 14.9 Å². The van der Waals surface area contributed by atoms with E-state index in [1.807, 2.05) is 0 Å². The first-order valence-corrected chi connectivity index (χ1v) is 11.4. The van der Waals surface area contributed by atoms with E-state index in [1.54, 1.807) is 31.2 Å². The van der Waals surface area contributed by atoms with Crippen LogP contribution in [0.1, 0.15) is 44.6 Å². The van der Waals surface area contributed by atoms with Crippen molar-refractivity contribution in [1.29, 1.82) is 0 Å². The summed E-state index contributed by atoms with van der Waals surface area (Å²) < 4.78 is 5.68. The number of nitrogens with one attached hydrogen (secondary N) is 1. The van der Waals surface area contributed by atoms with Gasteiger partial charge in [0.25, 0.3) is 0 Å². The van der Waals surface area contributed by atoms with E-state index in [-0.39, 0.29) is 46.3 Å². The fourth-order valence-electron chi connectivity index (χ4n) is 3.78. The number of thiazole rings is 1. The van der Waals surface area contributed by atoms with Gasteiger partial charge in [-0.3, -0.25) is 19.4 Å². The zero-order chi connectivity index (χ0) is 25.2. The molecule has 9 nitrogen and oxygen atoms in total. The molecule has 2 aromatic rings. The molecule has 0 fully saturated rings. The molecule has 1 aliphatic carbocycles. The first kappa shape index (κ1) is 25.3. The molecule has 2 unspecified atom stereocenters. The molecule has 1 aromatic heterocycles. The van der Waals surface area contributed by atoms with Gasteiger partial charge in [-0.1, -0.05) is 28.6 Å². The molecule has 10 heteroatoms. The normalized spacial score (nSPS) is 17.1. The molecule has 3 rings (SSSR count). The lowest BCUT2D eigenvalue weighted by Gasteiger charge is -2.28. The summed E-state index contributed by atoms with van der Waals surface area (Å²) in [6, 6.07) is 5.70. The smallest absolute Gasteiger partial charge is 0.307 e. The van der Waals surface area contributed by atoms with Crippen molar-refractivity contribution in [2.75, 3.05) is 6.61 Å². The van der Waals surface area contributed by atoms with Crippen molar-refractivity contribution in [2.24, 2.45) is 5.18 Å². The molecule has 1 aliphatic rings. The second-order valence-corrected chi connectivity index (χ2v) is 9.73. The molecule has 1 aromatic carbocycles. The van der Waals surface area contributed by atoms with E-state index < -0.39 is 17.4 Å². The third-order valence-electron chi connectivity index (χ3n) is 5.86. The van der Waals surface area contributed by atoms with E-state index in [2.05, 4.69) is 10.2 Å². The summed E-state index contributed by atoms with van der Waals surface area (Å²) >= 11 is 0.936. The van der Waals surface area contributed by atoms with Crippen LogP contribution in [-0.2, 0) is 16.0 Å². The summed E-state index contributed by atoms with van der Waals surface area (Å²) in [5, 5.41) is 23.6. The molecular formula is C24H26N2O7S. The van der Waals surface area contributed by atoms with Crippen LogP contribution in [-0.4, -0.2) is 45.0 Å². The topological polar surface area (TPSA) is 146 Å². The number of H-pyrrole nitrogens is 1. The highest BCUT2D eigenvalue weighted by Gasteiger charge is 2.37. The quantitative estimate of drug-likeness (QED) is 0.364. The molecule has 3 N–H and O–H groups in total. The highest BCUT2D eigenvalue weighted by molar-refractivity contribution is 7.09. The highest BCUT2D eigenvalue weighted by Crippen LogP contribution is 2.31. The number of nitrogens with zero attached hydrogens (tertiary/aromatic N) is 1. The summed E-state index contributed by atoms with van der Waals surface area (Å²) in [6.07, 6.45) is 0.173. The maximum absolute atomic E-state index is 12.7. The standard InChI is InChI=1S/C24H26N2O7S/c1-12-13(2)21(28)19(14(3)20(12)27)17(26-32)10-24(4,31)11-33-16-7-5-15(6-8-16)9-18-22(29)25-23(30)34-18/h5-8,17,29,31H,9-11H2,1-4H3,(H,25,30). The van der Waals surface area contributed by atoms with Crippen LogP contribution in [0.15, 0.2) is 56.5 Å². The van der Waals surface area contributed by atoms with E-state index >= 15 is 0 Å². The Balaban J connectivity index is 1.66. The zero-order valence-corrected chi connectivity index (χ0v) is 20.1. The SMILES string of the molecule is CC1=C(C)C(=O)C(C(CC(C)(O)COc2ccc(Cc3sc(=O)[nH]c3O)cc2)N=O)=C(C)C1=O. The fraction of sp³-hybridized carbons (Fsp3) is 0.375. The number of carbonyl (C=O) groups excluding carboxylic acids is 2. The minimum atomic E-state index is -1.51. The van der Waals surface area contributed by atoms with Gasteiger partial charge in [-0.05, 0) is 45.4 Å². The molecule has 34 heavy (non-hydrogen) atoms. The molecule has 0 bridgehead atoms. The lowest BCUT2D eigenvalue weighted by atomic mass is 9.80. The number of ketones is 2. The van der Waals surface area contributed by atoms with Crippen LogP contribution in [0.4, 0.5) is 0 Å². The molecule has 2 atom stereocenters. The molecule has 0 saturated carbocycles. The number of hydrogen-bond donors (Lipinski definition) is 3. The fourth-order valence-corrected chi connectivity index (χ4v) is 4.54. The molecular weight excluding hydrogens is 460 g/mol. The lowest BCUT2D eigenvalue weighted by Crippen LogP contribution is -2.38. The van der Waals surface area contributed by atoms with Crippen LogP contribution in [0.3, 0.4) is 0 Å². The second kappa shape index (κ2) is 9.86. The van der Waals surface area contributed by atoms with Gasteiger partial charge in [0.2, 0.25) is 5.88 Å². The Bertz CT molecular complexity index is 1250. The number of aliphatic hydroxyl groups is 1. The first-order valence-electron chi connectivity index (χ1n) is 10.6. The molecule has 0 aliphatic heterocycles. The largest absolute Gasteiger partial charge is 0.494 e. The van der Waals surface area contributed by atoms with Crippen molar-refractivity contribution in [1.82, 2.24) is 4.98 Å². The van der Waals surface area contributed by atoms with Crippen molar-refractivity contribution < 1.29 is 24.5 Å². The number of Topliss-reactive ketones (excluding diaryl/α,β-unsaturated/α-hetero) is 2. The predicted octanol–water partition coefficient (Wildman–Crippen LogP) is 3.19. The average molecular weight is 487 g/mol. The Labute approximate surface area is 199 Å². The number of aromatic nitrogens is 1. The lowest BCUT2D eigenvalue weighted by molar-refractivity contribution is -0.116. The van der Waals surface area contributed by atoms with Gasteiger partial charge in [0.15, 0.2) is 11.6 Å². The number of nitroso groups, excluding NO2 is 1. The summed E-state index contributed by atoms with van der Waals surface area (Å²) in [5.41, 5.74) is 0.134. The van der Waals surface area contributed by atoms with Gasteiger partial charge in [-0.25, -0.2) is 0 Å². The van der Waals surface area contributed by atoms with Gasteiger partial charge in [0.05, 0.1) is 10.5 Å². The Kier molecular flexibility index (Phi) is 7.32. The second-order valence-electron chi connectivity index (χ2n) is 8.66. The minimum Gasteiger partial charge on any atom is -0.494 e. The summed E-state index contributed by atoms with van der Waals surface area (Å²) in [7, 11) is 0. The van der Waals surface area contributed by atoms with Crippen LogP contribution in [0.2, 0.25) is 0 Å². The molecule has 1 heterocycles. The number of hydrogen-bond acceptors (Lipinski definition) is 9. The van der Waals surface area contributed by atoms with Crippen LogP contribution in [0.5, 0.6) is 11.6 Å². The number of allylic oxidation sites excluding steroid dienone is 3. The van der Waals surface area contributed by atoms with E-state index in [0.717, 1.165) is 16.9 Å². The molecule has 180 valence electrons. The number of carbonyl (C=O) groups is 2. The van der Waals surface area contributed by atoms with E-state index in [4.69, 9.17) is 4.74 Å². The average Bonchev–Trinajstić information content (AvgIpc) is 3.11. The van der Waals surface area contributed by atoms with Crippen molar-refractivity contribution in [3.05, 3.63) is 71.6 Å². The number of benzene rings is 1. The highest BCUT2D eigenvalue weighted by atomic mass is 32.1. The third kappa shape index (κ3) is 5.40. The van der Waals surface area contributed by atoms with Gasteiger partial charge >= 0.3 is 4.87 Å². The van der Waals surface area contributed by atoms with Crippen molar-refractivity contribution in [3.63, 3.8) is 0 Å². The van der Waals surface area contributed by atoms with Crippen molar-refractivity contribution in [2.45, 2.75) is 52.2 Å². The zero-order valence-electron chi connectivity index (χ0n) is 19.3. The van der Waals surface area contributed by atoms with Gasteiger partial charge in [0, 0.05) is 35.1 Å². The van der Waals surface area contributed by atoms with Gasteiger partial charge in [0.1, 0.15) is 18.4 Å². The number of aromatic hydroxyl groups is 1. The number of rotatable bonds is 9. The summed E-state index contributed by atoms with van der Waals surface area (Å²) in [5.74, 6) is -0.407. The Morgan fingerprint density at radius 2 is 1.68 bits per heavy atom. The van der Waals surface area contributed by atoms with Crippen LogP contribution < -0.4 is 9.61 Å². The molecule has 0 saturated heterocycles. The van der Waals surface area contributed by atoms with Gasteiger partial charge in [-0.15, -0.1) is 0 Å². The van der Waals surface area contributed by atoms with Gasteiger partial charge in [-0.2, -0.15) is 4.91 Å². The maximum atomic E-state index is 12.7.